The first kappa shape index (κ1) is 23.4. The predicted molar refractivity (Wildman–Crippen MR) is 138 cm³/mol. The van der Waals surface area contributed by atoms with E-state index in [1.807, 2.05) is 67.6 Å². The fourth-order valence-electron chi connectivity index (χ4n) is 5.10. The fraction of sp³-hybridized carbons (Fsp3) is 0.200. The number of fused-ring (bicyclic) bond motifs is 4. The van der Waals surface area contributed by atoms with Crippen molar-refractivity contribution in [2.45, 2.75) is 25.3 Å². The van der Waals surface area contributed by atoms with Crippen molar-refractivity contribution in [3.63, 3.8) is 0 Å². The minimum Gasteiger partial charge on any atom is -0.493 e. The van der Waals surface area contributed by atoms with Crippen molar-refractivity contribution in [1.82, 2.24) is 5.32 Å². The molecule has 6 nitrogen and oxygen atoms in total. The molecule has 1 aliphatic rings. The summed E-state index contributed by atoms with van der Waals surface area (Å²) in [5.41, 5.74) is 5.14. The monoisotopic (exact) mass is 481 g/mol. The van der Waals surface area contributed by atoms with Crippen molar-refractivity contribution in [1.29, 1.82) is 0 Å². The van der Waals surface area contributed by atoms with E-state index >= 15 is 0 Å². The molecule has 0 saturated heterocycles. The van der Waals surface area contributed by atoms with Crippen LogP contribution < -0.4 is 10.1 Å². The summed E-state index contributed by atoms with van der Waals surface area (Å²) in [6, 6.07) is 26.8. The van der Waals surface area contributed by atoms with Gasteiger partial charge in [-0.25, -0.2) is 4.79 Å². The van der Waals surface area contributed by atoms with Gasteiger partial charge in [-0.2, -0.15) is 0 Å². The minimum absolute atomic E-state index is 0.0855. The summed E-state index contributed by atoms with van der Waals surface area (Å²) in [6.07, 6.45) is -0.975. The second-order valence-electron chi connectivity index (χ2n) is 8.75. The highest BCUT2D eigenvalue weighted by Crippen LogP contribution is 2.44. The van der Waals surface area contributed by atoms with Crippen molar-refractivity contribution in [2.24, 2.45) is 0 Å². The molecule has 36 heavy (non-hydrogen) atoms. The molecule has 0 heterocycles. The second-order valence-corrected chi connectivity index (χ2v) is 8.75. The number of rotatable bonds is 8. The van der Waals surface area contributed by atoms with Gasteiger partial charge in [0.15, 0.2) is 0 Å². The maximum atomic E-state index is 13.0. The van der Waals surface area contributed by atoms with Crippen molar-refractivity contribution in [3.05, 3.63) is 102 Å². The minimum atomic E-state index is -1.03. The lowest BCUT2D eigenvalue weighted by Gasteiger charge is -2.23. The molecule has 2 N–H and O–H groups in total. The maximum Gasteiger partial charge on any atom is 0.407 e. The Balaban J connectivity index is 1.40. The largest absolute Gasteiger partial charge is 0.493 e. The van der Waals surface area contributed by atoms with E-state index in [-0.39, 0.29) is 18.9 Å². The van der Waals surface area contributed by atoms with Crippen molar-refractivity contribution in [3.8, 4) is 16.9 Å². The van der Waals surface area contributed by atoms with Crippen LogP contribution in [0.2, 0.25) is 0 Å². The topological polar surface area (TPSA) is 84.9 Å². The highest BCUT2D eigenvalue weighted by Gasteiger charge is 2.30. The zero-order valence-corrected chi connectivity index (χ0v) is 19.9. The second kappa shape index (κ2) is 10.1. The van der Waals surface area contributed by atoms with Gasteiger partial charge in [0.1, 0.15) is 12.4 Å². The zero-order valence-electron chi connectivity index (χ0n) is 19.9. The molecule has 1 amide bonds. The summed E-state index contributed by atoms with van der Waals surface area (Å²) in [5.74, 6) is -0.576. The number of carboxylic acid groups (broad SMARTS) is 1. The van der Waals surface area contributed by atoms with Crippen LogP contribution in [0.4, 0.5) is 4.79 Å². The van der Waals surface area contributed by atoms with E-state index in [0.29, 0.717) is 17.9 Å². The van der Waals surface area contributed by atoms with Crippen LogP contribution in [0.5, 0.6) is 5.75 Å². The zero-order chi connectivity index (χ0) is 25.1. The number of alkyl carbamates (subject to hydrolysis) is 1. The van der Waals surface area contributed by atoms with Crippen LogP contribution in [0.15, 0.2) is 84.9 Å². The summed E-state index contributed by atoms with van der Waals surface area (Å²) < 4.78 is 11.5. The number of carbonyl (C=O) groups excluding carboxylic acids is 1. The highest BCUT2D eigenvalue weighted by molar-refractivity contribution is 5.89. The van der Waals surface area contributed by atoms with Gasteiger partial charge in [0, 0.05) is 11.5 Å². The highest BCUT2D eigenvalue weighted by atomic mass is 16.5. The lowest BCUT2D eigenvalue weighted by molar-refractivity contribution is -0.137. The third-order valence-corrected chi connectivity index (χ3v) is 6.59. The molecular formula is C30H27NO5. The number of hydrogen-bond acceptors (Lipinski definition) is 4. The molecule has 4 aromatic rings. The van der Waals surface area contributed by atoms with Crippen molar-refractivity contribution < 1.29 is 24.2 Å². The van der Waals surface area contributed by atoms with Gasteiger partial charge in [-0.3, -0.25) is 4.79 Å². The number of amides is 1. The Kier molecular flexibility index (Phi) is 6.58. The van der Waals surface area contributed by atoms with E-state index in [0.717, 1.165) is 33.0 Å². The molecule has 4 aromatic carbocycles. The van der Waals surface area contributed by atoms with Gasteiger partial charge in [-0.05, 0) is 46.0 Å². The predicted octanol–water partition coefficient (Wildman–Crippen LogP) is 6.29. The van der Waals surface area contributed by atoms with Gasteiger partial charge < -0.3 is 19.9 Å². The Morgan fingerprint density at radius 3 is 2.19 bits per heavy atom. The number of nitrogens with one attached hydrogen (secondary N) is 1. The molecule has 5 rings (SSSR count). The van der Waals surface area contributed by atoms with Crippen LogP contribution in [-0.2, 0) is 9.53 Å². The van der Waals surface area contributed by atoms with Crippen LogP contribution in [-0.4, -0.2) is 30.4 Å². The van der Waals surface area contributed by atoms with E-state index in [2.05, 4.69) is 29.6 Å². The number of benzene rings is 4. The first-order valence-corrected chi connectivity index (χ1v) is 12.0. The summed E-state index contributed by atoms with van der Waals surface area (Å²) >= 11 is 0. The Hall–Kier alpha value is -4.32. The van der Waals surface area contributed by atoms with Gasteiger partial charge in [-0.15, -0.1) is 0 Å². The Morgan fingerprint density at radius 1 is 0.889 bits per heavy atom. The van der Waals surface area contributed by atoms with Gasteiger partial charge in [0.05, 0.1) is 19.1 Å². The Morgan fingerprint density at radius 2 is 1.53 bits per heavy atom. The van der Waals surface area contributed by atoms with Crippen molar-refractivity contribution >= 4 is 22.8 Å². The number of carboxylic acids is 1. The van der Waals surface area contributed by atoms with E-state index in [1.165, 1.54) is 0 Å². The van der Waals surface area contributed by atoms with E-state index < -0.39 is 18.1 Å². The fourth-order valence-corrected chi connectivity index (χ4v) is 5.10. The normalized spacial score (nSPS) is 13.0. The van der Waals surface area contributed by atoms with Crippen LogP contribution >= 0.6 is 0 Å². The van der Waals surface area contributed by atoms with Gasteiger partial charge in [-0.1, -0.05) is 78.9 Å². The standard InChI is InChI=1S/C30H27NO5/c1-2-35-27-16-15-19-9-3-4-10-20(19)29(27)26(17-28(32)33)31-30(34)36-18-25-23-13-7-5-11-21(23)22-12-6-8-14-24(22)25/h3-16,25-26H,2,17-18H2,1H3,(H,31,34)(H,32,33). The first-order valence-electron chi connectivity index (χ1n) is 12.0. The molecule has 0 bridgehead atoms. The maximum absolute atomic E-state index is 13.0. The van der Waals surface area contributed by atoms with Crippen molar-refractivity contribution in [2.75, 3.05) is 13.2 Å². The Labute approximate surface area is 209 Å². The molecule has 6 heteroatoms. The summed E-state index contributed by atoms with van der Waals surface area (Å²) in [5, 5.41) is 14.2. The summed E-state index contributed by atoms with van der Waals surface area (Å²) in [4.78, 5) is 24.8. The molecule has 0 spiro atoms. The van der Waals surface area contributed by atoms with Gasteiger partial charge in [0.25, 0.3) is 0 Å². The average molecular weight is 482 g/mol. The van der Waals surface area contributed by atoms with Crippen LogP contribution in [0.1, 0.15) is 42.0 Å². The third kappa shape index (κ3) is 4.50. The first-order chi connectivity index (χ1) is 17.6. The SMILES string of the molecule is CCOc1ccc2ccccc2c1C(CC(=O)O)NC(=O)OCC1c2ccccc2-c2ccccc21. The van der Waals surface area contributed by atoms with E-state index in [4.69, 9.17) is 9.47 Å². The molecule has 0 aromatic heterocycles. The lowest BCUT2D eigenvalue weighted by Crippen LogP contribution is -2.32. The number of hydrogen-bond donors (Lipinski definition) is 2. The Bertz CT molecular complexity index is 1380. The summed E-state index contributed by atoms with van der Waals surface area (Å²) in [6.45, 7) is 2.42. The molecule has 0 saturated carbocycles. The smallest absolute Gasteiger partial charge is 0.407 e. The molecule has 1 unspecified atom stereocenters. The average Bonchev–Trinajstić information content (AvgIpc) is 3.20. The molecule has 182 valence electrons. The van der Waals surface area contributed by atoms with Crippen LogP contribution in [0, 0.1) is 0 Å². The number of ether oxygens (including phenoxy) is 2. The molecule has 1 aliphatic carbocycles. The van der Waals surface area contributed by atoms with Crippen LogP contribution in [0.3, 0.4) is 0 Å². The molecule has 0 fully saturated rings. The van der Waals surface area contributed by atoms with Gasteiger partial charge >= 0.3 is 12.1 Å². The van der Waals surface area contributed by atoms with E-state index in [1.54, 1.807) is 0 Å². The van der Waals surface area contributed by atoms with Gasteiger partial charge in [0.2, 0.25) is 0 Å². The number of carbonyl (C=O) groups is 2. The summed E-state index contributed by atoms with van der Waals surface area (Å²) in [7, 11) is 0. The number of aliphatic carboxylic acids is 1. The molecule has 1 atom stereocenters. The quantitative estimate of drug-likeness (QED) is 0.309. The lowest BCUT2D eigenvalue weighted by atomic mass is 9.95. The van der Waals surface area contributed by atoms with E-state index in [9.17, 15) is 14.7 Å². The molecule has 0 aliphatic heterocycles. The molecule has 0 radical (unpaired) electrons. The molecular weight excluding hydrogens is 454 g/mol. The third-order valence-electron chi connectivity index (χ3n) is 6.59. The van der Waals surface area contributed by atoms with Crippen LogP contribution in [0.25, 0.3) is 21.9 Å².